The number of rotatable bonds is 6. The monoisotopic (exact) mass is 444 g/mol. The van der Waals surface area contributed by atoms with E-state index in [0.717, 1.165) is 12.1 Å². The minimum Gasteiger partial charge on any atom is -0.459 e. The summed E-state index contributed by atoms with van der Waals surface area (Å²) >= 11 is 1.24. The number of carbonyl (C=O) groups is 2. The van der Waals surface area contributed by atoms with Crippen LogP contribution in [-0.2, 0) is 4.79 Å². The van der Waals surface area contributed by atoms with Gasteiger partial charge in [0.15, 0.2) is 17.4 Å². The summed E-state index contributed by atoms with van der Waals surface area (Å²) in [6.45, 7) is 1.52. The molecule has 8 nitrogen and oxygen atoms in total. The standard InChI is InChI=1S/C20H14F2N4O4S/c1-10(23-19(28)15-3-2-7-29-15)18(27)24-14-6-8-31-16(14)20-25-17(26-30-20)11-4-5-12(21)13(22)9-11/h2-10H,1H3,(H,23,28)(H,24,27). The van der Waals surface area contributed by atoms with Gasteiger partial charge in [0.25, 0.3) is 11.8 Å². The molecule has 0 radical (unpaired) electrons. The molecule has 0 bridgehead atoms. The molecule has 158 valence electrons. The Kier molecular flexibility index (Phi) is 5.58. The van der Waals surface area contributed by atoms with Crippen molar-refractivity contribution in [3.8, 4) is 22.2 Å². The van der Waals surface area contributed by atoms with E-state index < -0.39 is 29.5 Å². The molecule has 0 aliphatic carbocycles. The van der Waals surface area contributed by atoms with Crippen molar-refractivity contribution in [2.45, 2.75) is 13.0 Å². The molecule has 0 saturated heterocycles. The summed E-state index contributed by atoms with van der Waals surface area (Å²) in [6.07, 6.45) is 1.36. The van der Waals surface area contributed by atoms with Crippen molar-refractivity contribution in [2.75, 3.05) is 5.32 Å². The minimum absolute atomic E-state index is 0.0682. The van der Waals surface area contributed by atoms with E-state index >= 15 is 0 Å². The second kappa shape index (κ2) is 8.48. The Balaban J connectivity index is 1.48. The van der Waals surface area contributed by atoms with Gasteiger partial charge in [-0.25, -0.2) is 8.78 Å². The Bertz CT molecular complexity index is 1240. The lowest BCUT2D eigenvalue weighted by atomic mass is 10.2. The van der Waals surface area contributed by atoms with Crippen molar-refractivity contribution in [3.05, 3.63) is 65.4 Å². The second-order valence-corrected chi connectivity index (χ2v) is 7.29. The number of hydrogen-bond donors (Lipinski definition) is 2. The Morgan fingerprint density at radius 2 is 2.00 bits per heavy atom. The van der Waals surface area contributed by atoms with E-state index in [2.05, 4.69) is 20.8 Å². The molecule has 2 amide bonds. The highest BCUT2D eigenvalue weighted by atomic mass is 32.1. The Morgan fingerprint density at radius 3 is 2.74 bits per heavy atom. The molecule has 0 saturated carbocycles. The maximum absolute atomic E-state index is 13.5. The number of nitrogens with one attached hydrogen (secondary N) is 2. The van der Waals surface area contributed by atoms with Crippen LogP contribution in [0.1, 0.15) is 17.5 Å². The van der Waals surface area contributed by atoms with Gasteiger partial charge >= 0.3 is 0 Å². The third-order valence-corrected chi connectivity index (χ3v) is 5.11. The van der Waals surface area contributed by atoms with Crippen molar-refractivity contribution in [2.24, 2.45) is 0 Å². The lowest BCUT2D eigenvalue weighted by molar-refractivity contribution is -0.117. The highest BCUT2D eigenvalue weighted by Gasteiger charge is 2.22. The molecule has 0 spiro atoms. The SMILES string of the molecule is CC(NC(=O)c1ccco1)C(=O)Nc1ccsc1-c1nc(-c2ccc(F)c(F)c2)no1. The highest BCUT2D eigenvalue weighted by molar-refractivity contribution is 7.14. The molecule has 0 aliphatic rings. The molecule has 3 aromatic heterocycles. The number of benzene rings is 1. The minimum atomic E-state index is -1.03. The maximum atomic E-state index is 13.5. The van der Waals surface area contributed by atoms with Crippen LogP contribution in [-0.4, -0.2) is 28.0 Å². The second-order valence-electron chi connectivity index (χ2n) is 6.38. The quantitative estimate of drug-likeness (QED) is 0.463. The summed E-state index contributed by atoms with van der Waals surface area (Å²) in [5.41, 5.74) is 0.639. The first-order valence-electron chi connectivity index (χ1n) is 8.94. The fourth-order valence-corrected chi connectivity index (χ4v) is 3.39. The van der Waals surface area contributed by atoms with Gasteiger partial charge in [-0.05, 0) is 48.7 Å². The van der Waals surface area contributed by atoms with Crippen LogP contribution in [0.2, 0.25) is 0 Å². The number of thiophene rings is 1. The first-order valence-corrected chi connectivity index (χ1v) is 9.82. The van der Waals surface area contributed by atoms with Crippen molar-refractivity contribution < 1.29 is 27.3 Å². The molecule has 0 fully saturated rings. The number of anilines is 1. The molecule has 4 aromatic rings. The summed E-state index contributed by atoms with van der Waals surface area (Å²) in [7, 11) is 0. The van der Waals surface area contributed by atoms with Crippen molar-refractivity contribution >= 4 is 28.8 Å². The maximum Gasteiger partial charge on any atom is 0.287 e. The number of amides is 2. The predicted molar refractivity (Wildman–Crippen MR) is 107 cm³/mol. The number of hydrogen-bond acceptors (Lipinski definition) is 7. The topological polar surface area (TPSA) is 110 Å². The van der Waals surface area contributed by atoms with E-state index in [1.54, 1.807) is 17.5 Å². The molecule has 1 unspecified atom stereocenters. The van der Waals surface area contributed by atoms with Gasteiger partial charge in [-0.15, -0.1) is 11.3 Å². The first-order chi connectivity index (χ1) is 14.9. The Hall–Kier alpha value is -3.86. The lowest BCUT2D eigenvalue weighted by Gasteiger charge is -2.13. The molecule has 2 N–H and O–H groups in total. The van der Waals surface area contributed by atoms with Gasteiger partial charge in [0.1, 0.15) is 10.9 Å². The fraction of sp³-hybridized carbons (Fsp3) is 0.100. The largest absolute Gasteiger partial charge is 0.459 e. The zero-order valence-corrected chi connectivity index (χ0v) is 16.7. The summed E-state index contributed by atoms with van der Waals surface area (Å²) in [6, 6.07) is 7.09. The lowest BCUT2D eigenvalue weighted by Crippen LogP contribution is -2.41. The highest BCUT2D eigenvalue weighted by Crippen LogP contribution is 2.34. The van der Waals surface area contributed by atoms with Gasteiger partial charge in [-0.3, -0.25) is 9.59 Å². The zero-order valence-electron chi connectivity index (χ0n) is 15.9. The van der Waals surface area contributed by atoms with Crippen molar-refractivity contribution in [1.82, 2.24) is 15.5 Å². The van der Waals surface area contributed by atoms with Gasteiger partial charge in [0.05, 0.1) is 12.0 Å². The number of carbonyl (C=O) groups excluding carboxylic acids is 2. The summed E-state index contributed by atoms with van der Waals surface area (Å²) in [4.78, 5) is 29.2. The van der Waals surface area contributed by atoms with Crippen LogP contribution in [0.15, 0.2) is 57.0 Å². The van der Waals surface area contributed by atoms with Crippen LogP contribution in [0.5, 0.6) is 0 Å². The predicted octanol–water partition coefficient (Wildman–Crippen LogP) is 4.09. The number of nitrogens with zero attached hydrogens (tertiary/aromatic N) is 2. The average Bonchev–Trinajstić information content (AvgIpc) is 3.51. The van der Waals surface area contributed by atoms with Crippen molar-refractivity contribution in [1.29, 1.82) is 0 Å². The third-order valence-electron chi connectivity index (χ3n) is 4.21. The molecule has 31 heavy (non-hydrogen) atoms. The van der Waals surface area contributed by atoms with Gasteiger partial charge in [0.2, 0.25) is 11.7 Å². The Morgan fingerprint density at radius 1 is 1.16 bits per heavy atom. The van der Waals surface area contributed by atoms with Crippen LogP contribution in [0.3, 0.4) is 0 Å². The van der Waals surface area contributed by atoms with Crippen molar-refractivity contribution in [3.63, 3.8) is 0 Å². The Labute approximate surface area is 177 Å². The zero-order chi connectivity index (χ0) is 22.0. The molecular weight excluding hydrogens is 430 g/mol. The third kappa shape index (κ3) is 4.36. The number of aromatic nitrogens is 2. The number of halogens is 2. The molecule has 0 aliphatic heterocycles. The van der Waals surface area contributed by atoms with Crippen LogP contribution in [0.4, 0.5) is 14.5 Å². The normalized spacial score (nSPS) is 11.8. The number of furan rings is 1. The van der Waals surface area contributed by atoms with Gasteiger partial charge in [-0.2, -0.15) is 4.98 Å². The average molecular weight is 444 g/mol. The fourth-order valence-electron chi connectivity index (χ4n) is 2.62. The van der Waals surface area contributed by atoms with Crippen LogP contribution in [0.25, 0.3) is 22.2 Å². The van der Waals surface area contributed by atoms with E-state index in [9.17, 15) is 18.4 Å². The smallest absolute Gasteiger partial charge is 0.287 e. The summed E-state index contributed by atoms with van der Waals surface area (Å²) < 4.78 is 36.8. The van der Waals surface area contributed by atoms with Crippen LogP contribution < -0.4 is 10.6 Å². The van der Waals surface area contributed by atoms with E-state index in [1.165, 1.54) is 36.7 Å². The summed E-state index contributed by atoms with van der Waals surface area (Å²) in [5, 5.41) is 10.7. The first kappa shape index (κ1) is 20.4. The van der Waals surface area contributed by atoms with Crippen LogP contribution >= 0.6 is 11.3 Å². The molecule has 3 heterocycles. The van der Waals surface area contributed by atoms with E-state index in [0.29, 0.717) is 10.6 Å². The van der Waals surface area contributed by atoms with E-state index in [4.69, 9.17) is 8.94 Å². The molecule has 1 atom stereocenters. The molecule has 4 rings (SSSR count). The molecular formula is C20H14F2N4O4S. The van der Waals surface area contributed by atoms with Gasteiger partial charge in [0, 0.05) is 5.56 Å². The van der Waals surface area contributed by atoms with E-state index in [1.807, 2.05) is 0 Å². The molecule has 1 aromatic carbocycles. The van der Waals surface area contributed by atoms with Crippen LogP contribution in [0, 0.1) is 11.6 Å². The van der Waals surface area contributed by atoms with E-state index in [-0.39, 0.29) is 23.0 Å². The van der Waals surface area contributed by atoms with Gasteiger partial charge in [-0.1, -0.05) is 5.16 Å². The summed E-state index contributed by atoms with van der Waals surface area (Å²) in [5.74, 6) is -2.75. The van der Waals surface area contributed by atoms with Gasteiger partial charge < -0.3 is 19.6 Å². The molecule has 11 heteroatoms.